The summed E-state index contributed by atoms with van der Waals surface area (Å²) in [6.45, 7) is 2.99. The summed E-state index contributed by atoms with van der Waals surface area (Å²) in [5.41, 5.74) is 1.13. The highest BCUT2D eigenvalue weighted by Crippen LogP contribution is 2.15. The van der Waals surface area contributed by atoms with Crippen LogP contribution in [0.15, 0.2) is 47.4 Å². The molecule has 0 radical (unpaired) electrons. The molecule has 2 aromatic rings. The van der Waals surface area contributed by atoms with E-state index >= 15 is 0 Å². The molecule has 0 atom stereocenters. The minimum Gasteiger partial charge on any atom is -0.462 e. The molecule has 0 heterocycles. The van der Waals surface area contributed by atoms with Gasteiger partial charge in [-0.15, -0.1) is 0 Å². The van der Waals surface area contributed by atoms with Crippen LogP contribution in [0.2, 0.25) is 0 Å². The Labute approximate surface area is 156 Å². The van der Waals surface area contributed by atoms with Crippen molar-refractivity contribution in [1.82, 2.24) is 4.72 Å². The summed E-state index contributed by atoms with van der Waals surface area (Å²) >= 11 is 0. The van der Waals surface area contributed by atoms with E-state index in [2.05, 4.69) is 10.0 Å². The summed E-state index contributed by atoms with van der Waals surface area (Å²) in [5.74, 6) is -1.59. The highest BCUT2D eigenvalue weighted by Gasteiger charge is 2.17. The van der Waals surface area contributed by atoms with Crippen LogP contribution in [-0.4, -0.2) is 33.4 Å². The van der Waals surface area contributed by atoms with E-state index in [4.69, 9.17) is 4.74 Å². The third-order valence-electron chi connectivity index (χ3n) is 3.56. The van der Waals surface area contributed by atoms with Crippen LogP contribution in [0.3, 0.4) is 0 Å². The molecule has 2 aromatic carbocycles. The lowest BCUT2D eigenvalue weighted by Gasteiger charge is -2.10. The minimum atomic E-state index is -3.94. The fourth-order valence-electron chi connectivity index (χ4n) is 2.19. The third-order valence-corrected chi connectivity index (χ3v) is 4.98. The molecule has 0 saturated carbocycles. The molecule has 0 unspecified atom stereocenters. The van der Waals surface area contributed by atoms with Crippen molar-refractivity contribution < 1.29 is 27.1 Å². The van der Waals surface area contributed by atoms with Gasteiger partial charge in [0.05, 0.1) is 23.6 Å². The highest BCUT2D eigenvalue weighted by atomic mass is 32.2. The molecule has 144 valence electrons. The fraction of sp³-hybridized carbons (Fsp3) is 0.222. The number of carbonyl (C=O) groups excluding carboxylic acids is 2. The molecule has 2 rings (SSSR count). The number of hydrogen-bond acceptors (Lipinski definition) is 5. The van der Waals surface area contributed by atoms with Crippen LogP contribution in [0, 0.1) is 12.7 Å². The molecule has 0 aromatic heterocycles. The summed E-state index contributed by atoms with van der Waals surface area (Å²) in [4.78, 5) is 23.4. The van der Waals surface area contributed by atoms with Crippen LogP contribution in [-0.2, 0) is 19.6 Å². The third kappa shape index (κ3) is 5.60. The minimum absolute atomic E-state index is 0.0960. The molecule has 1 amide bonds. The number of benzene rings is 2. The first-order chi connectivity index (χ1) is 12.7. The second-order valence-electron chi connectivity index (χ2n) is 5.58. The van der Waals surface area contributed by atoms with Gasteiger partial charge in [-0.25, -0.2) is 22.3 Å². The van der Waals surface area contributed by atoms with Crippen molar-refractivity contribution in [2.45, 2.75) is 18.7 Å². The summed E-state index contributed by atoms with van der Waals surface area (Å²) in [7, 11) is -3.94. The molecule has 0 bridgehead atoms. The largest absolute Gasteiger partial charge is 0.462 e. The second kappa shape index (κ2) is 8.74. The lowest BCUT2D eigenvalue weighted by Crippen LogP contribution is -2.33. The first-order valence-electron chi connectivity index (χ1n) is 8.06. The quantitative estimate of drug-likeness (QED) is 0.701. The van der Waals surface area contributed by atoms with E-state index in [1.807, 2.05) is 0 Å². The zero-order valence-electron chi connectivity index (χ0n) is 14.8. The average Bonchev–Trinajstić information content (AvgIpc) is 2.63. The summed E-state index contributed by atoms with van der Waals surface area (Å²) < 4.78 is 44.6. The van der Waals surface area contributed by atoms with Crippen LogP contribution < -0.4 is 10.0 Å². The Hall–Kier alpha value is -2.78. The Morgan fingerprint density at radius 1 is 1.11 bits per heavy atom. The monoisotopic (exact) mass is 394 g/mol. The smallest absolute Gasteiger partial charge is 0.338 e. The van der Waals surface area contributed by atoms with E-state index in [0.29, 0.717) is 11.3 Å². The Morgan fingerprint density at radius 2 is 1.78 bits per heavy atom. The number of nitrogens with one attached hydrogen (secondary N) is 2. The van der Waals surface area contributed by atoms with Gasteiger partial charge in [-0.05, 0) is 61.9 Å². The number of aryl methyl sites for hydroxylation is 1. The molecule has 0 aliphatic rings. The summed E-state index contributed by atoms with van der Waals surface area (Å²) in [6.07, 6.45) is 0. The van der Waals surface area contributed by atoms with Gasteiger partial charge < -0.3 is 10.1 Å². The van der Waals surface area contributed by atoms with Crippen molar-refractivity contribution >= 4 is 27.6 Å². The van der Waals surface area contributed by atoms with Gasteiger partial charge in [-0.2, -0.15) is 0 Å². The molecular weight excluding hydrogens is 375 g/mol. The van der Waals surface area contributed by atoms with E-state index in [1.165, 1.54) is 42.5 Å². The Balaban J connectivity index is 1.99. The van der Waals surface area contributed by atoms with Crippen LogP contribution in [0.1, 0.15) is 22.8 Å². The number of hydrogen-bond donors (Lipinski definition) is 2. The zero-order chi connectivity index (χ0) is 20.0. The predicted molar refractivity (Wildman–Crippen MR) is 97.4 cm³/mol. The molecule has 2 N–H and O–H groups in total. The van der Waals surface area contributed by atoms with Crippen molar-refractivity contribution in [3.05, 3.63) is 59.4 Å². The Bertz CT molecular complexity index is 943. The van der Waals surface area contributed by atoms with Gasteiger partial charge in [-0.1, -0.05) is 0 Å². The number of anilines is 1. The number of esters is 1. The fourth-order valence-corrected chi connectivity index (χ4v) is 3.17. The number of sulfonamides is 1. The van der Waals surface area contributed by atoms with Gasteiger partial charge in [0.1, 0.15) is 5.82 Å². The second-order valence-corrected chi connectivity index (χ2v) is 7.34. The normalized spacial score (nSPS) is 11.1. The topological polar surface area (TPSA) is 102 Å². The maximum atomic E-state index is 13.1. The standard InChI is InChI=1S/C18H19FN2O5S/c1-3-26-18(23)13-4-7-15(8-5-13)27(24,25)20-11-17(22)21-16-9-6-14(19)10-12(16)2/h4-10,20H,3,11H2,1-2H3,(H,21,22). The van der Waals surface area contributed by atoms with E-state index < -0.39 is 34.3 Å². The number of amides is 1. The van der Waals surface area contributed by atoms with Crippen LogP contribution in [0.5, 0.6) is 0 Å². The first kappa shape index (κ1) is 20.5. The van der Waals surface area contributed by atoms with Gasteiger partial charge in [0.2, 0.25) is 15.9 Å². The predicted octanol–water partition coefficient (Wildman–Crippen LogP) is 2.23. The van der Waals surface area contributed by atoms with E-state index in [0.717, 1.165) is 0 Å². The van der Waals surface area contributed by atoms with Gasteiger partial charge in [0.25, 0.3) is 0 Å². The van der Waals surface area contributed by atoms with Crippen molar-refractivity contribution in [3.63, 3.8) is 0 Å². The van der Waals surface area contributed by atoms with Crippen molar-refractivity contribution in [2.24, 2.45) is 0 Å². The zero-order valence-corrected chi connectivity index (χ0v) is 15.6. The van der Waals surface area contributed by atoms with Crippen molar-refractivity contribution in [2.75, 3.05) is 18.5 Å². The van der Waals surface area contributed by atoms with Crippen LogP contribution in [0.4, 0.5) is 10.1 Å². The maximum Gasteiger partial charge on any atom is 0.338 e. The summed E-state index contributed by atoms with van der Waals surface area (Å²) in [6, 6.07) is 8.99. The maximum absolute atomic E-state index is 13.1. The SMILES string of the molecule is CCOC(=O)c1ccc(S(=O)(=O)NCC(=O)Nc2ccc(F)cc2C)cc1. The summed E-state index contributed by atoms with van der Waals surface area (Å²) in [5, 5.41) is 2.51. The van der Waals surface area contributed by atoms with Gasteiger partial charge in [0.15, 0.2) is 0 Å². The molecule has 9 heteroatoms. The average molecular weight is 394 g/mol. The molecule has 0 aliphatic carbocycles. The van der Waals surface area contributed by atoms with Gasteiger partial charge >= 0.3 is 5.97 Å². The lowest BCUT2D eigenvalue weighted by atomic mass is 10.2. The highest BCUT2D eigenvalue weighted by molar-refractivity contribution is 7.89. The number of halogens is 1. The van der Waals surface area contributed by atoms with Crippen molar-refractivity contribution in [3.8, 4) is 0 Å². The van der Waals surface area contributed by atoms with E-state index in [-0.39, 0.29) is 17.1 Å². The first-order valence-corrected chi connectivity index (χ1v) is 9.54. The molecule has 0 fully saturated rings. The van der Waals surface area contributed by atoms with Crippen molar-refractivity contribution in [1.29, 1.82) is 0 Å². The van der Waals surface area contributed by atoms with Gasteiger partial charge in [-0.3, -0.25) is 4.79 Å². The Morgan fingerprint density at radius 3 is 2.37 bits per heavy atom. The van der Waals surface area contributed by atoms with Crippen LogP contribution >= 0.6 is 0 Å². The molecule has 7 nitrogen and oxygen atoms in total. The molecule has 27 heavy (non-hydrogen) atoms. The van der Waals surface area contributed by atoms with Crippen LogP contribution in [0.25, 0.3) is 0 Å². The number of rotatable bonds is 7. The Kier molecular flexibility index (Phi) is 6.65. The number of ether oxygens (including phenoxy) is 1. The number of carbonyl (C=O) groups is 2. The molecule has 0 aliphatic heterocycles. The van der Waals surface area contributed by atoms with Gasteiger partial charge in [0, 0.05) is 5.69 Å². The molecular formula is C18H19FN2O5S. The molecule has 0 saturated heterocycles. The molecule has 0 spiro atoms. The van der Waals surface area contributed by atoms with E-state index in [9.17, 15) is 22.4 Å². The van der Waals surface area contributed by atoms with E-state index in [1.54, 1.807) is 13.8 Å². The lowest BCUT2D eigenvalue weighted by molar-refractivity contribution is -0.115.